The number of nitrogens with one attached hydrogen (secondary N) is 2. The molecule has 78 valence electrons. The van der Waals surface area contributed by atoms with E-state index < -0.39 is 11.4 Å². The molecule has 0 aromatic rings. The molecule has 1 aliphatic carbocycles. The van der Waals surface area contributed by atoms with Crippen LogP contribution in [-0.2, 0) is 9.59 Å². The number of carbonyl (C=O) groups excluding carboxylic acids is 1. The predicted octanol–water partition coefficient (Wildman–Crippen LogP) is -0.813. The third-order valence-corrected chi connectivity index (χ3v) is 3.06. The molecule has 3 N–H and O–H groups in total. The van der Waals surface area contributed by atoms with E-state index in [4.69, 9.17) is 5.11 Å². The minimum atomic E-state index is -0.787. The van der Waals surface area contributed by atoms with Crippen LogP contribution in [0.25, 0.3) is 0 Å². The SMILES string of the molecule is O=C(NCC1(C(=O)O)CC1)C1CNC1. The van der Waals surface area contributed by atoms with Crippen LogP contribution in [0.1, 0.15) is 12.8 Å². The van der Waals surface area contributed by atoms with Gasteiger partial charge in [-0.25, -0.2) is 0 Å². The van der Waals surface area contributed by atoms with Crippen molar-refractivity contribution in [2.24, 2.45) is 11.3 Å². The van der Waals surface area contributed by atoms with Gasteiger partial charge in [-0.3, -0.25) is 9.59 Å². The molecule has 5 heteroatoms. The summed E-state index contributed by atoms with van der Waals surface area (Å²) in [5.74, 6) is -0.764. The van der Waals surface area contributed by atoms with Crippen molar-refractivity contribution < 1.29 is 14.7 Å². The van der Waals surface area contributed by atoms with Crippen molar-refractivity contribution in [2.75, 3.05) is 19.6 Å². The average molecular weight is 198 g/mol. The Morgan fingerprint density at radius 1 is 1.43 bits per heavy atom. The van der Waals surface area contributed by atoms with Crippen molar-refractivity contribution in [2.45, 2.75) is 12.8 Å². The van der Waals surface area contributed by atoms with E-state index in [2.05, 4.69) is 10.6 Å². The molecule has 0 aromatic carbocycles. The van der Waals surface area contributed by atoms with Crippen molar-refractivity contribution in [1.82, 2.24) is 10.6 Å². The maximum Gasteiger partial charge on any atom is 0.311 e. The standard InChI is InChI=1S/C9H14N2O3/c12-7(6-3-10-4-6)11-5-9(1-2-9)8(13)14/h6,10H,1-5H2,(H,11,12)(H,13,14). The lowest BCUT2D eigenvalue weighted by Crippen LogP contribution is -2.51. The smallest absolute Gasteiger partial charge is 0.311 e. The summed E-state index contributed by atoms with van der Waals surface area (Å²) >= 11 is 0. The predicted molar refractivity (Wildman–Crippen MR) is 48.7 cm³/mol. The Kier molecular flexibility index (Phi) is 2.19. The van der Waals surface area contributed by atoms with Crippen LogP contribution in [0.2, 0.25) is 0 Å². The van der Waals surface area contributed by atoms with Crippen LogP contribution in [0.3, 0.4) is 0 Å². The molecule has 5 nitrogen and oxygen atoms in total. The van der Waals surface area contributed by atoms with Crippen molar-refractivity contribution >= 4 is 11.9 Å². The molecule has 2 rings (SSSR count). The zero-order chi connectivity index (χ0) is 10.2. The van der Waals surface area contributed by atoms with Crippen LogP contribution in [0.4, 0.5) is 0 Å². The summed E-state index contributed by atoms with van der Waals surface area (Å²) in [5.41, 5.74) is -0.646. The van der Waals surface area contributed by atoms with Crippen LogP contribution >= 0.6 is 0 Å². The quantitative estimate of drug-likeness (QED) is 0.552. The second-order valence-electron chi connectivity index (χ2n) is 4.16. The first kappa shape index (κ1) is 9.45. The zero-order valence-corrected chi connectivity index (χ0v) is 7.88. The summed E-state index contributed by atoms with van der Waals surface area (Å²) in [4.78, 5) is 22.2. The molecule has 0 radical (unpaired) electrons. The Bertz CT molecular complexity index is 269. The summed E-state index contributed by atoms with van der Waals surface area (Å²) < 4.78 is 0. The average Bonchev–Trinajstić information content (AvgIpc) is 2.77. The van der Waals surface area contributed by atoms with Gasteiger partial charge in [-0.05, 0) is 12.8 Å². The van der Waals surface area contributed by atoms with E-state index in [0.29, 0.717) is 25.9 Å². The fourth-order valence-corrected chi connectivity index (χ4v) is 1.49. The lowest BCUT2D eigenvalue weighted by Gasteiger charge is -2.26. The van der Waals surface area contributed by atoms with Crippen molar-refractivity contribution in [1.29, 1.82) is 0 Å². The van der Waals surface area contributed by atoms with Crippen molar-refractivity contribution in [3.63, 3.8) is 0 Å². The maximum atomic E-state index is 11.4. The molecule has 1 aliphatic heterocycles. The largest absolute Gasteiger partial charge is 0.481 e. The highest BCUT2D eigenvalue weighted by atomic mass is 16.4. The second kappa shape index (κ2) is 3.24. The van der Waals surface area contributed by atoms with Crippen LogP contribution in [0.5, 0.6) is 0 Å². The minimum Gasteiger partial charge on any atom is -0.481 e. The van der Waals surface area contributed by atoms with E-state index in [-0.39, 0.29) is 18.4 Å². The fourth-order valence-electron chi connectivity index (χ4n) is 1.49. The molecule has 2 aliphatic rings. The Labute approximate surface area is 81.9 Å². The maximum absolute atomic E-state index is 11.4. The Balaban J connectivity index is 1.76. The number of carboxylic acids is 1. The van der Waals surface area contributed by atoms with E-state index in [1.54, 1.807) is 0 Å². The third kappa shape index (κ3) is 1.59. The van der Waals surface area contributed by atoms with Crippen LogP contribution < -0.4 is 10.6 Å². The fraction of sp³-hybridized carbons (Fsp3) is 0.778. The van der Waals surface area contributed by atoms with E-state index >= 15 is 0 Å². The van der Waals surface area contributed by atoms with E-state index in [1.165, 1.54) is 0 Å². The second-order valence-corrected chi connectivity index (χ2v) is 4.16. The Morgan fingerprint density at radius 3 is 2.43 bits per heavy atom. The molecular weight excluding hydrogens is 184 g/mol. The number of aliphatic carboxylic acids is 1. The molecular formula is C9H14N2O3. The molecule has 0 bridgehead atoms. The minimum absolute atomic E-state index is 0.0173. The first-order chi connectivity index (χ1) is 6.64. The van der Waals surface area contributed by atoms with Crippen LogP contribution in [0.15, 0.2) is 0 Å². The summed E-state index contributed by atoms with van der Waals surface area (Å²) in [5, 5.41) is 14.6. The molecule has 14 heavy (non-hydrogen) atoms. The van der Waals surface area contributed by atoms with Gasteiger partial charge in [0.1, 0.15) is 0 Å². The van der Waals surface area contributed by atoms with Gasteiger partial charge < -0.3 is 15.7 Å². The number of carbonyl (C=O) groups is 2. The topological polar surface area (TPSA) is 78.4 Å². The van der Waals surface area contributed by atoms with E-state index in [1.807, 2.05) is 0 Å². The third-order valence-electron chi connectivity index (χ3n) is 3.06. The van der Waals surface area contributed by atoms with Crippen molar-refractivity contribution in [3.05, 3.63) is 0 Å². The van der Waals surface area contributed by atoms with Crippen LogP contribution in [0, 0.1) is 11.3 Å². The van der Waals surface area contributed by atoms with E-state index in [9.17, 15) is 9.59 Å². The molecule has 1 saturated heterocycles. The number of amides is 1. The van der Waals surface area contributed by atoms with Gasteiger partial charge in [0.15, 0.2) is 0 Å². The number of carboxylic acid groups (broad SMARTS) is 1. The van der Waals surface area contributed by atoms with Gasteiger partial charge in [-0.2, -0.15) is 0 Å². The van der Waals surface area contributed by atoms with Gasteiger partial charge in [0.2, 0.25) is 5.91 Å². The summed E-state index contributed by atoms with van der Waals surface area (Å²) in [7, 11) is 0. The molecule has 2 fully saturated rings. The number of hydrogen-bond acceptors (Lipinski definition) is 3. The first-order valence-electron chi connectivity index (χ1n) is 4.86. The van der Waals surface area contributed by atoms with Crippen molar-refractivity contribution in [3.8, 4) is 0 Å². The lowest BCUT2D eigenvalue weighted by molar-refractivity contribution is -0.143. The molecule has 0 unspecified atom stereocenters. The monoisotopic (exact) mass is 198 g/mol. The Morgan fingerprint density at radius 2 is 2.07 bits per heavy atom. The van der Waals surface area contributed by atoms with Gasteiger partial charge in [0, 0.05) is 19.6 Å². The van der Waals surface area contributed by atoms with E-state index in [0.717, 1.165) is 0 Å². The summed E-state index contributed by atoms with van der Waals surface area (Å²) in [6.45, 7) is 1.72. The molecule has 0 atom stereocenters. The Hall–Kier alpha value is -1.10. The van der Waals surface area contributed by atoms with Crippen LogP contribution in [-0.4, -0.2) is 36.6 Å². The number of rotatable bonds is 4. The van der Waals surface area contributed by atoms with Gasteiger partial charge in [0.05, 0.1) is 11.3 Å². The molecule has 1 heterocycles. The molecule has 1 saturated carbocycles. The highest BCUT2D eigenvalue weighted by molar-refractivity contribution is 5.82. The van der Waals surface area contributed by atoms with Gasteiger partial charge in [-0.1, -0.05) is 0 Å². The number of hydrogen-bond donors (Lipinski definition) is 3. The highest BCUT2D eigenvalue weighted by Gasteiger charge is 2.50. The lowest BCUT2D eigenvalue weighted by atomic mass is 10.0. The van der Waals surface area contributed by atoms with Gasteiger partial charge in [-0.15, -0.1) is 0 Å². The summed E-state index contributed by atoms with van der Waals surface area (Å²) in [6, 6.07) is 0. The molecule has 1 amide bonds. The normalized spacial score (nSPS) is 23.7. The first-order valence-corrected chi connectivity index (χ1v) is 4.86. The van der Waals surface area contributed by atoms with Gasteiger partial charge in [0.25, 0.3) is 0 Å². The molecule has 0 aromatic heterocycles. The zero-order valence-electron chi connectivity index (χ0n) is 7.88. The highest BCUT2D eigenvalue weighted by Crippen LogP contribution is 2.45. The molecule has 0 spiro atoms. The summed E-state index contributed by atoms with van der Waals surface area (Å²) in [6.07, 6.45) is 1.37. The van der Waals surface area contributed by atoms with Gasteiger partial charge >= 0.3 is 5.97 Å².